The fourth-order valence-corrected chi connectivity index (χ4v) is 5.41. The van der Waals surface area contributed by atoms with Gasteiger partial charge in [0.25, 0.3) is 5.91 Å². The van der Waals surface area contributed by atoms with Gasteiger partial charge in [0.2, 0.25) is 0 Å². The van der Waals surface area contributed by atoms with Crippen LogP contribution < -0.4 is 20.2 Å². The minimum Gasteiger partial charge on any atom is -0.490 e. The van der Waals surface area contributed by atoms with E-state index in [9.17, 15) is 9.18 Å². The molecule has 10 heteroatoms. The van der Waals surface area contributed by atoms with Crippen molar-refractivity contribution in [2.24, 2.45) is 5.10 Å². The van der Waals surface area contributed by atoms with Crippen molar-refractivity contribution in [2.75, 3.05) is 11.9 Å². The topological polar surface area (TPSA) is 84.8 Å². The van der Waals surface area contributed by atoms with Gasteiger partial charge in [-0.25, -0.2) is 14.8 Å². The highest BCUT2D eigenvalue weighted by Gasteiger charge is 2.13. The molecule has 0 aliphatic heterocycles. The van der Waals surface area contributed by atoms with Crippen molar-refractivity contribution in [3.8, 4) is 22.8 Å². The van der Waals surface area contributed by atoms with Gasteiger partial charge >= 0.3 is 0 Å². The highest BCUT2D eigenvalue weighted by Crippen LogP contribution is 2.37. The Kier molecular flexibility index (Phi) is 9.81. The maximum Gasteiger partial charge on any atom is 0.271 e. The van der Waals surface area contributed by atoms with E-state index in [1.54, 1.807) is 36.4 Å². The number of aryl methyl sites for hydroxylation is 1. The molecular formula is C33H28BrFN4O3S. The molecule has 4 aromatic carbocycles. The molecular weight excluding hydrogens is 631 g/mol. The third-order valence-electron chi connectivity index (χ3n) is 6.23. The van der Waals surface area contributed by atoms with E-state index in [4.69, 9.17) is 9.47 Å². The predicted octanol–water partition coefficient (Wildman–Crippen LogP) is 8.51. The van der Waals surface area contributed by atoms with Crippen molar-refractivity contribution < 1.29 is 18.7 Å². The van der Waals surface area contributed by atoms with Crippen LogP contribution >= 0.6 is 27.3 Å². The first-order valence-electron chi connectivity index (χ1n) is 13.4. The summed E-state index contributed by atoms with van der Waals surface area (Å²) in [6.07, 6.45) is 1.52. The van der Waals surface area contributed by atoms with E-state index in [1.165, 1.54) is 35.2 Å². The number of hydrogen-bond acceptors (Lipinski definition) is 7. The predicted molar refractivity (Wildman–Crippen MR) is 173 cm³/mol. The van der Waals surface area contributed by atoms with Gasteiger partial charge in [0, 0.05) is 22.2 Å². The Hall–Kier alpha value is -4.54. The van der Waals surface area contributed by atoms with Gasteiger partial charge in [-0.1, -0.05) is 42.0 Å². The molecule has 1 amide bonds. The lowest BCUT2D eigenvalue weighted by Crippen LogP contribution is -2.17. The van der Waals surface area contributed by atoms with Crippen molar-refractivity contribution in [2.45, 2.75) is 20.5 Å². The van der Waals surface area contributed by atoms with Gasteiger partial charge in [0.05, 0.1) is 23.0 Å². The summed E-state index contributed by atoms with van der Waals surface area (Å²) in [4.78, 5) is 17.4. The standard InChI is InChI=1S/C33H28BrFN4O3S/c1-3-41-30-17-23(16-28(34)31(30)42-19-22-5-4-6-26(35)15-22)18-36-39-32(40)25-11-9-24(10-12-25)29-20-43-33(38-29)37-27-13-7-21(2)8-14-27/h4-18,20H,3,19H2,1-2H3,(H,37,38)(H,39,40)/b36-18-. The SMILES string of the molecule is CCOc1cc(/C=N\NC(=O)c2ccc(-c3csc(Nc4ccc(C)cc4)n3)cc2)cc(Br)c1OCc1cccc(F)c1. The van der Waals surface area contributed by atoms with E-state index in [0.29, 0.717) is 39.3 Å². The van der Waals surface area contributed by atoms with E-state index in [2.05, 4.69) is 36.8 Å². The molecule has 0 unspecified atom stereocenters. The molecule has 0 radical (unpaired) electrons. The number of rotatable bonds is 11. The molecule has 7 nitrogen and oxygen atoms in total. The van der Waals surface area contributed by atoms with Gasteiger partial charge in [-0.05, 0) is 89.4 Å². The summed E-state index contributed by atoms with van der Waals surface area (Å²) >= 11 is 5.04. The van der Waals surface area contributed by atoms with Gasteiger partial charge in [-0.15, -0.1) is 11.3 Å². The Morgan fingerprint density at radius 2 is 1.84 bits per heavy atom. The molecule has 5 aromatic rings. The first-order valence-corrected chi connectivity index (χ1v) is 15.1. The second-order valence-corrected chi connectivity index (χ2v) is 11.2. The van der Waals surface area contributed by atoms with Crippen LogP contribution in [0.4, 0.5) is 15.2 Å². The van der Waals surface area contributed by atoms with Crippen molar-refractivity contribution in [3.05, 3.63) is 123 Å². The lowest BCUT2D eigenvalue weighted by atomic mass is 10.1. The number of halogens is 2. The number of benzene rings is 4. The van der Waals surface area contributed by atoms with Crippen LogP contribution in [0.1, 0.15) is 34.0 Å². The molecule has 0 saturated carbocycles. The first kappa shape index (κ1) is 29.9. The van der Waals surface area contributed by atoms with Gasteiger partial charge in [-0.3, -0.25) is 4.79 Å². The van der Waals surface area contributed by atoms with E-state index >= 15 is 0 Å². The van der Waals surface area contributed by atoms with Gasteiger partial charge in [0.15, 0.2) is 16.6 Å². The van der Waals surface area contributed by atoms with Gasteiger partial charge in [-0.2, -0.15) is 5.10 Å². The van der Waals surface area contributed by atoms with Crippen LogP contribution in [0.15, 0.2) is 99.9 Å². The number of thiazole rings is 1. The zero-order chi connectivity index (χ0) is 30.2. The normalized spacial score (nSPS) is 11.0. The van der Waals surface area contributed by atoms with Crippen LogP contribution in [-0.2, 0) is 6.61 Å². The summed E-state index contributed by atoms with van der Waals surface area (Å²) in [7, 11) is 0. The van der Waals surface area contributed by atoms with Crippen molar-refractivity contribution in [1.29, 1.82) is 0 Å². The molecule has 1 heterocycles. The summed E-state index contributed by atoms with van der Waals surface area (Å²) in [6.45, 7) is 4.51. The summed E-state index contributed by atoms with van der Waals surface area (Å²) in [5.74, 6) is 0.318. The van der Waals surface area contributed by atoms with Crippen LogP contribution in [0.2, 0.25) is 0 Å². The monoisotopic (exact) mass is 658 g/mol. The number of nitrogens with one attached hydrogen (secondary N) is 2. The number of hydrazone groups is 1. The van der Waals surface area contributed by atoms with Crippen molar-refractivity contribution >= 4 is 50.2 Å². The number of ether oxygens (including phenoxy) is 2. The second-order valence-electron chi connectivity index (χ2n) is 9.49. The zero-order valence-corrected chi connectivity index (χ0v) is 25.8. The maximum absolute atomic E-state index is 13.5. The fraction of sp³-hybridized carbons (Fsp3) is 0.121. The Labute approximate surface area is 261 Å². The Morgan fingerprint density at radius 3 is 2.58 bits per heavy atom. The number of carbonyl (C=O) groups is 1. The molecule has 1 aromatic heterocycles. The third kappa shape index (κ3) is 8.06. The van der Waals surface area contributed by atoms with Gasteiger partial charge < -0.3 is 14.8 Å². The highest BCUT2D eigenvalue weighted by atomic mass is 79.9. The number of hydrogen-bond donors (Lipinski definition) is 2. The average molecular weight is 660 g/mol. The number of nitrogens with zero attached hydrogens (tertiary/aromatic N) is 2. The number of carbonyl (C=O) groups excluding carboxylic acids is 1. The Morgan fingerprint density at radius 1 is 1.05 bits per heavy atom. The van der Waals surface area contributed by atoms with Crippen LogP contribution in [0.25, 0.3) is 11.3 Å². The lowest BCUT2D eigenvalue weighted by Gasteiger charge is -2.14. The molecule has 0 aliphatic carbocycles. The minimum absolute atomic E-state index is 0.173. The van der Waals surface area contributed by atoms with Crippen LogP contribution in [0, 0.1) is 12.7 Å². The Balaban J connectivity index is 1.20. The molecule has 0 spiro atoms. The smallest absolute Gasteiger partial charge is 0.271 e. The van der Waals surface area contributed by atoms with Crippen molar-refractivity contribution in [3.63, 3.8) is 0 Å². The number of amides is 1. The average Bonchev–Trinajstić information content (AvgIpc) is 3.47. The number of aromatic nitrogens is 1. The van der Waals surface area contributed by atoms with E-state index in [1.807, 2.05) is 55.6 Å². The molecule has 43 heavy (non-hydrogen) atoms. The highest BCUT2D eigenvalue weighted by molar-refractivity contribution is 9.10. The maximum atomic E-state index is 13.5. The Bertz CT molecular complexity index is 1740. The summed E-state index contributed by atoms with van der Waals surface area (Å²) in [6, 6.07) is 25.1. The second kappa shape index (κ2) is 14.1. The van der Waals surface area contributed by atoms with E-state index < -0.39 is 0 Å². The summed E-state index contributed by atoms with van der Waals surface area (Å²) in [5, 5.41) is 10.2. The van der Waals surface area contributed by atoms with E-state index in [-0.39, 0.29) is 18.3 Å². The van der Waals surface area contributed by atoms with Crippen LogP contribution in [-0.4, -0.2) is 23.7 Å². The van der Waals surface area contributed by atoms with Gasteiger partial charge in [0.1, 0.15) is 12.4 Å². The molecule has 218 valence electrons. The molecule has 2 N–H and O–H groups in total. The summed E-state index contributed by atoms with van der Waals surface area (Å²) in [5.41, 5.74) is 8.31. The van der Waals surface area contributed by atoms with Crippen LogP contribution in [0.3, 0.4) is 0 Å². The van der Waals surface area contributed by atoms with Crippen LogP contribution in [0.5, 0.6) is 11.5 Å². The molecule has 0 fully saturated rings. The molecule has 0 atom stereocenters. The molecule has 0 saturated heterocycles. The molecule has 5 rings (SSSR count). The van der Waals surface area contributed by atoms with E-state index in [0.717, 1.165) is 22.1 Å². The largest absolute Gasteiger partial charge is 0.490 e. The quantitative estimate of drug-likeness (QED) is 0.110. The number of anilines is 2. The lowest BCUT2D eigenvalue weighted by molar-refractivity contribution is 0.0955. The zero-order valence-electron chi connectivity index (χ0n) is 23.4. The molecule has 0 bridgehead atoms. The van der Waals surface area contributed by atoms with Crippen molar-refractivity contribution in [1.82, 2.24) is 10.4 Å². The first-order chi connectivity index (χ1) is 20.9. The fourth-order valence-electron chi connectivity index (χ4n) is 4.09. The third-order valence-corrected chi connectivity index (χ3v) is 7.58. The molecule has 0 aliphatic rings. The minimum atomic E-state index is -0.345. The summed E-state index contributed by atoms with van der Waals surface area (Å²) < 4.78 is 25.9.